The molecule has 0 saturated heterocycles. The van der Waals surface area contributed by atoms with Gasteiger partial charge in [-0.05, 0) is 10.9 Å². The average Bonchev–Trinajstić information content (AvgIpc) is 2.67. The van der Waals surface area contributed by atoms with E-state index in [-0.39, 0.29) is 11.7 Å². The monoisotopic (exact) mass is 267 g/mol. The van der Waals surface area contributed by atoms with Crippen LogP contribution < -0.4 is 4.42 Å². The second-order valence-corrected chi connectivity index (χ2v) is 4.99. The lowest BCUT2D eigenvalue weighted by Gasteiger charge is -2.11. The first kappa shape index (κ1) is 11.0. The largest absolute Gasteiger partial charge is 0.507 e. The fourth-order valence-electron chi connectivity index (χ4n) is 2.50. The molecular formula is C13H11Cl2NO. The van der Waals surface area contributed by atoms with E-state index in [1.165, 1.54) is 0 Å². The maximum atomic E-state index is 9.99. The van der Waals surface area contributed by atoms with Crippen molar-refractivity contribution in [1.82, 2.24) is 0 Å². The van der Waals surface area contributed by atoms with Crippen LogP contribution in [-0.4, -0.2) is 17.5 Å². The lowest BCUT2D eigenvalue weighted by atomic mass is 9.95. The van der Waals surface area contributed by atoms with Crippen molar-refractivity contribution in [2.24, 2.45) is 0 Å². The SMILES string of the molecule is Oc1cc2c(c3ccccc13)[C@H](CCl)CN2Cl. The second-order valence-electron chi connectivity index (χ2n) is 4.27. The number of anilines is 1. The number of hydrogen-bond donors (Lipinski definition) is 1. The first-order valence-corrected chi connectivity index (χ1v) is 6.33. The van der Waals surface area contributed by atoms with Crippen LogP contribution in [0.2, 0.25) is 0 Å². The summed E-state index contributed by atoms with van der Waals surface area (Å²) < 4.78 is 1.63. The van der Waals surface area contributed by atoms with E-state index in [0.717, 1.165) is 22.0 Å². The first-order chi connectivity index (χ1) is 8.22. The van der Waals surface area contributed by atoms with E-state index in [0.29, 0.717) is 12.4 Å². The molecule has 1 atom stereocenters. The summed E-state index contributed by atoms with van der Waals surface area (Å²) in [7, 11) is 0. The van der Waals surface area contributed by atoms with E-state index in [9.17, 15) is 5.11 Å². The number of phenols is 1. The van der Waals surface area contributed by atoms with E-state index in [1.807, 2.05) is 24.3 Å². The maximum Gasteiger partial charge on any atom is 0.125 e. The zero-order chi connectivity index (χ0) is 12.0. The van der Waals surface area contributed by atoms with Crippen LogP contribution in [0, 0.1) is 0 Å². The van der Waals surface area contributed by atoms with Gasteiger partial charge in [-0.25, -0.2) is 0 Å². The highest BCUT2D eigenvalue weighted by molar-refractivity contribution is 6.27. The molecule has 0 spiro atoms. The molecule has 0 amide bonds. The first-order valence-electron chi connectivity index (χ1n) is 5.46. The topological polar surface area (TPSA) is 23.5 Å². The minimum atomic E-state index is 0.217. The van der Waals surface area contributed by atoms with Crippen LogP contribution in [0.5, 0.6) is 5.75 Å². The van der Waals surface area contributed by atoms with Gasteiger partial charge in [-0.1, -0.05) is 24.3 Å². The lowest BCUT2D eigenvalue weighted by Crippen LogP contribution is -2.09. The Hall–Kier alpha value is -1.12. The Morgan fingerprint density at radius 2 is 2.00 bits per heavy atom. The van der Waals surface area contributed by atoms with Gasteiger partial charge in [0, 0.05) is 41.6 Å². The van der Waals surface area contributed by atoms with Gasteiger partial charge in [0.25, 0.3) is 0 Å². The molecule has 0 radical (unpaired) electrons. The third-order valence-electron chi connectivity index (χ3n) is 3.28. The molecule has 0 aromatic heterocycles. The van der Waals surface area contributed by atoms with E-state index in [2.05, 4.69) is 0 Å². The van der Waals surface area contributed by atoms with Crippen molar-refractivity contribution in [2.45, 2.75) is 5.92 Å². The van der Waals surface area contributed by atoms with Gasteiger partial charge in [0.1, 0.15) is 5.75 Å². The summed E-state index contributed by atoms with van der Waals surface area (Å²) in [4.78, 5) is 0. The number of nitrogens with zero attached hydrogens (tertiary/aromatic N) is 1. The Kier molecular flexibility index (Phi) is 2.57. The van der Waals surface area contributed by atoms with Gasteiger partial charge in [-0.2, -0.15) is 0 Å². The minimum Gasteiger partial charge on any atom is -0.507 e. The molecule has 0 unspecified atom stereocenters. The van der Waals surface area contributed by atoms with Gasteiger partial charge in [-0.3, -0.25) is 4.42 Å². The average molecular weight is 268 g/mol. The molecule has 17 heavy (non-hydrogen) atoms. The summed E-state index contributed by atoms with van der Waals surface area (Å²) in [6.07, 6.45) is 0. The number of phenolic OH excluding ortho intramolecular Hbond substituents is 1. The van der Waals surface area contributed by atoms with Crippen molar-refractivity contribution in [2.75, 3.05) is 16.8 Å². The summed E-state index contributed by atoms with van der Waals surface area (Å²) in [5.41, 5.74) is 2.01. The van der Waals surface area contributed by atoms with E-state index >= 15 is 0 Å². The Labute approximate surface area is 109 Å². The van der Waals surface area contributed by atoms with E-state index < -0.39 is 0 Å². The predicted octanol–water partition coefficient (Wildman–Crippen LogP) is 3.84. The van der Waals surface area contributed by atoms with Gasteiger partial charge < -0.3 is 5.11 Å². The van der Waals surface area contributed by atoms with Crippen LogP contribution in [0.4, 0.5) is 5.69 Å². The predicted molar refractivity (Wildman–Crippen MR) is 72.3 cm³/mol. The van der Waals surface area contributed by atoms with E-state index in [1.54, 1.807) is 10.5 Å². The molecular weight excluding hydrogens is 257 g/mol. The number of rotatable bonds is 1. The summed E-state index contributed by atoms with van der Waals surface area (Å²) in [6.45, 7) is 0.688. The minimum absolute atomic E-state index is 0.217. The van der Waals surface area contributed by atoms with Crippen molar-refractivity contribution in [3.8, 4) is 5.75 Å². The molecule has 4 heteroatoms. The molecule has 1 N–H and O–H groups in total. The Morgan fingerprint density at radius 1 is 1.29 bits per heavy atom. The maximum absolute atomic E-state index is 9.99. The number of fused-ring (bicyclic) bond motifs is 3. The number of halogens is 2. The van der Waals surface area contributed by atoms with Gasteiger partial charge in [-0.15, -0.1) is 11.6 Å². The molecule has 2 nitrogen and oxygen atoms in total. The van der Waals surface area contributed by atoms with Gasteiger partial charge in [0.2, 0.25) is 0 Å². The number of benzene rings is 2. The third-order valence-corrected chi connectivity index (χ3v) is 3.97. The van der Waals surface area contributed by atoms with Crippen molar-refractivity contribution < 1.29 is 5.11 Å². The van der Waals surface area contributed by atoms with Crippen LogP contribution in [-0.2, 0) is 0 Å². The van der Waals surface area contributed by atoms with Crippen LogP contribution >= 0.6 is 23.4 Å². The molecule has 1 heterocycles. The number of aromatic hydroxyl groups is 1. The highest BCUT2D eigenvalue weighted by Gasteiger charge is 2.30. The second kappa shape index (κ2) is 3.97. The van der Waals surface area contributed by atoms with Crippen LogP contribution in [0.1, 0.15) is 11.5 Å². The van der Waals surface area contributed by atoms with Crippen LogP contribution in [0.3, 0.4) is 0 Å². The summed E-state index contributed by atoms with van der Waals surface area (Å²) in [5, 5.41) is 11.9. The van der Waals surface area contributed by atoms with Gasteiger partial charge in [0.15, 0.2) is 0 Å². The molecule has 2 aromatic carbocycles. The Bertz CT molecular complexity index is 585. The number of alkyl halides is 1. The van der Waals surface area contributed by atoms with Crippen molar-refractivity contribution >= 4 is 39.8 Å². The Balaban J connectivity index is 2.38. The molecule has 2 aromatic rings. The fourth-order valence-corrected chi connectivity index (χ4v) is 3.06. The summed E-state index contributed by atoms with van der Waals surface area (Å²) >= 11 is 12.1. The van der Waals surface area contributed by atoms with Crippen molar-refractivity contribution in [1.29, 1.82) is 0 Å². The highest BCUT2D eigenvalue weighted by atomic mass is 35.5. The molecule has 0 fully saturated rings. The van der Waals surface area contributed by atoms with Crippen molar-refractivity contribution in [3.05, 3.63) is 35.9 Å². The molecule has 0 saturated carbocycles. The fraction of sp³-hybridized carbons (Fsp3) is 0.231. The van der Waals surface area contributed by atoms with Crippen molar-refractivity contribution in [3.63, 3.8) is 0 Å². The quantitative estimate of drug-likeness (QED) is 0.627. The summed E-state index contributed by atoms with van der Waals surface area (Å²) in [6, 6.07) is 9.51. The zero-order valence-electron chi connectivity index (χ0n) is 9.03. The smallest absolute Gasteiger partial charge is 0.125 e. The van der Waals surface area contributed by atoms with E-state index in [4.69, 9.17) is 23.4 Å². The molecule has 1 aliphatic rings. The lowest BCUT2D eigenvalue weighted by molar-refractivity contribution is 0.482. The summed E-state index contributed by atoms with van der Waals surface area (Å²) in [5.74, 6) is 1.01. The highest BCUT2D eigenvalue weighted by Crippen LogP contribution is 2.45. The van der Waals surface area contributed by atoms with Gasteiger partial charge in [0.05, 0.1) is 5.69 Å². The molecule has 0 aliphatic carbocycles. The Morgan fingerprint density at radius 3 is 2.71 bits per heavy atom. The molecule has 1 aliphatic heterocycles. The number of hydrogen-bond acceptors (Lipinski definition) is 2. The third kappa shape index (κ3) is 1.55. The zero-order valence-corrected chi connectivity index (χ0v) is 10.5. The normalized spacial score (nSPS) is 18.7. The standard InChI is InChI=1S/C13H11Cl2NO/c14-6-8-7-16(15)11-5-12(17)9-3-1-2-4-10(9)13(8)11/h1-5,8,17H,6-7H2/t8-/m1/s1. The van der Waals surface area contributed by atoms with Crippen LogP contribution in [0.15, 0.2) is 30.3 Å². The molecule has 88 valence electrons. The molecule has 3 rings (SSSR count). The van der Waals surface area contributed by atoms with Crippen LogP contribution in [0.25, 0.3) is 10.8 Å². The van der Waals surface area contributed by atoms with Gasteiger partial charge >= 0.3 is 0 Å². The molecule has 0 bridgehead atoms.